The molecule has 4 rings (SSSR count). The zero-order chi connectivity index (χ0) is 24.6. The molecule has 0 aliphatic heterocycles. The van der Waals surface area contributed by atoms with Crippen molar-refractivity contribution >= 4 is 34.2 Å². The largest absolute Gasteiger partial charge is 0.345 e. The van der Waals surface area contributed by atoms with Gasteiger partial charge in [0.15, 0.2) is 0 Å². The van der Waals surface area contributed by atoms with E-state index < -0.39 is 0 Å². The Balaban J connectivity index is 1.41. The van der Waals surface area contributed by atoms with Crippen LogP contribution in [0.2, 0.25) is 5.02 Å². The van der Waals surface area contributed by atoms with Crippen molar-refractivity contribution in [3.05, 3.63) is 112 Å². The molecular weight excluding hydrogens is 476 g/mol. The number of halogens is 1. The lowest BCUT2D eigenvalue weighted by Gasteiger charge is -2.26. The van der Waals surface area contributed by atoms with Gasteiger partial charge < -0.3 is 10.2 Å². The highest BCUT2D eigenvalue weighted by molar-refractivity contribution is 7.09. The third-order valence-corrected chi connectivity index (χ3v) is 6.80. The summed E-state index contributed by atoms with van der Waals surface area (Å²) < 4.78 is 4.55. The molecule has 0 spiro atoms. The van der Waals surface area contributed by atoms with Gasteiger partial charge in [0.05, 0.1) is 6.04 Å². The average molecular weight is 505 g/mol. The number of carbonyl (C=O) groups is 1. The third kappa shape index (κ3) is 6.90. The second-order valence-electron chi connectivity index (χ2n) is 8.66. The minimum atomic E-state index is -0.190. The van der Waals surface area contributed by atoms with Gasteiger partial charge >= 0.3 is 0 Å². The number of hydrogen-bond acceptors (Lipinski definition) is 5. The van der Waals surface area contributed by atoms with Gasteiger partial charge in [0.25, 0.3) is 0 Å². The van der Waals surface area contributed by atoms with Gasteiger partial charge in [0, 0.05) is 42.0 Å². The van der Waals surface area contributed by atoms with Crippen LogP contribution >= 0.6 is 23.1 Å². The van der Waals surface area contributed by atoms with Gasteiger partial charge in [-0.15, -0.1) is 0 Å². The van der Waals surface area contributed by atoms with Gasteiger partial charge in [0.2, 0.25) is 11.0 Å². The fraction of sp³-hybridized carbons (Fsp3) is 0.250. The van der Waals surface area contributed by atoms with Crippen LogP contribution < -0.4 is 10.2 Å². The Morgan fingerprint density at radius 2 is 1.54 bits per heavy atom. The van der Waals surface area contributed by atoms with Crippen LogP contribution in [0.1, 0.15) is 48.8 Å². The molecule has 0 unspecified atom stereocenters. The molecule has 1 N–H and O–H groups in total. The van der Waals surface area contributed by atoms with Crippen molar-refractivity contribution in [1.29, 1.82) is 0 Å². The molecule has 5 nitrogen and oxygen atoms in total. The third-order valence-electron chi connectivity index (χ3n) is 5.75. The Labute approximate surface area is 216 Å². The monoisotopic (exact) mass is 504 g/mol. The molecule has 3 aromatic carbocycles. The summed E-state index contributed by atoms with van der Waals surface area (Å²) in [5.74, 6) is 0.773. The lowest BCUT2D eigenvalue weighted by Crippen LogP contribution is -2.36. The summed E-state index contributed by atoms with van der Waals surface area (Å²) >= 11 is 7.36. The molecule has 0 fully saturated rings. The number of aromatic nitrogens is 2. The molecule has 35 heavy (non-hydrogen) atoms. The van der Waals surface area contributed by atoms with E-state index in [4.69, 9.17) is 16.6 Å². The second kappa shape index (κ2) is 12.0. The fourth-order valence-corrected chi connectivity index (χ4v) is 4.87. The molecule has 1 heterocycles. The lowest BCUT2D eigenvalue weighted by atomic mass is 9.98. The van der Waals surface area contributed by atoms with E-state index in [9.17, 15) is 4.79 Å². The summed E-state index contributed by atoms with van der Waals surface area (Å²) in [6.45, 7) is 4.78. The Bertz CT molecular complexity index is 1170. The maximum atomic E-state index is 13.1. The van der Waals surface area contributed by atoms with E-state index in [1.165, 1.54) is 11.5 Å². The summed E-state index contributed by atoms with van der Waals surface area (Å²) in [5, 5.41) is 4.78. The van der Waals surface area contributed by atoms with Crippen LogP contribution in [-0.4, -0.2) is 27.9 Å². The smallest absolute Gasteiger partial charge is 0.222 e. The first-order chi connectivity index (χ1) is 17.0. The Kier molecular flexibility index (Phi) is 8.50. The van der Waals surface area contributed by atoms with Crippen molar-refractivity contribution in [3.8, 4) is 0 Å². The summed E-state index contributed by atoms with van der Waals surface area (Å²) in [6, 6.07) is 27.9. The van der Waals surface area contributed by atoms with Crippen LogP contribution in [0.3, 0.4) is 0 Å². The zero-order valence-electron chi connectivity index (χ0n) is 19.9. The number of nitrogens with zero attached hydrogens (tertiary/aromatic N) is 3. The van der Waals surface area contributed by atoms with Crippen LogP contribution in [-0.2, 0) is 11.2 Å². The van der Waals surface area contributed by atoms with Gasteiger partial charge in [-0.25, -0.2) is 4.98 Å². The van der Waals surface area contributed by atoms with Crippen molar-refractivity contribution < 1.29 is 4.79 Å². The predicted octanol–water partition coefficient (Wildman–Crippen LogP) is 6.29. The average Bonchev–Trinajstić information content (AvgIpc) is 3.33. The highest BCUT2D eigenvalue weighted by atomic mass is 35.5. The number of anilines is 1. The second-order valence-corrected chi connectivity index (χ2v) is 9.82. The van der Waals surface area contributed by atoms with Gasteiger partial charge in [0.1, 0.15) is 5.82 Å². The standard InChI is InChI=1S/C28H29ClN4OS/c1-20(2)33(28-30-25(32-35-28)19-21-13-15-24(29)16-14-21)18-17-26(34)31-27(22-9-5-3-6-10-22)23-11-7-4-8-12-23/h3-16,20,27H,17-19H2,1-2H3,(H,31,34). The first kappa shape index (κ1) is 24.9. The molecule has 0 aliphatic rings. The summed E-state index contributed by atoms with van der Waals surface area (Å²) in [7, 11) is 0. The highest BCUT2D eigenvalue weighted by Crippen LogP contribution is 2.24. The molecule has 1 aromatic heterocycles. The quantitative estimate of drug-likeness (QED) is 0.275. The topological polar surface area (TPSA) is 58.1 Å². The van der Waals surface area contributed by atoms with E-state index in [1.807, 2.05) is 84.9 Å². The van der Waals surface area contributed by atoms with Crippen molar-refractivity contribution in [1.82, 2.24) is 14.7 Å². The molecular formula is C28H29ClN4OS. The molecule has 0 radical (unpaired) electrons. The SMILES string of the molecule is CC(C)N(CCC(=O)NC(c1ccccc1)c1ccccc1)c1nc(Cc2ccc(Cl)cc2)ns1. The minimum Gasteiger partial charge on any atom is -0.345 e. The van der Waals surface area contributed by atoms with Crippen molar-refractivity contribution in [2.24, 2.45) is 0 Å². The van der Waals surface area contributed by atoms with Crippen molar-refractivity contribution in [2.75, 3.05) is 11.4 Å². The van der Waals surface area contributed by atoms with Gasteiger partial charge in [-0.2, -0.15) is 4.37 Å². The number of benzene rings is 3. The highest BCUT2D eigenvalue weighted by Gasteiger charge is 2.20. The number of rotatable bonds is 10. The van der Waals surface area contributed by atoms with E-state index in [-0.39, 0.29) is 18.0 Å². The first-order valence-electron chi connectivity index (χ1n) is 11.7. The van der Waals surface area contributed by atoms with E-state index in [2.05, 4.69) is 28.4 Å². The molecule has 0 saturated carbocycles. The summed E-state index contributed by atoms with van der Waals surface area (Å²) in [5.41, 5.74) is 3.23. The van der Waals surface area contributed by atoms with E-state index in [0.717, 1.165) is 27.6 Å². The van der Waals surface area contributed by atoms with Crippen molar-refractivity contribution in [2.45, 2.75) is 38.8 Å². The zero-order valence-corrected chi connectivity index (χ0v) is 21.5. The maximum Gasteiger partial charge on any atom is 0.222 e. The molecule has 0 bridgehead atoms. The predicted molar refractivity (Wildman–Crippen MR) is 144 cm³/mol. The Morgan fingerprint density at radius 3 is 2.11 bits per heavy atom. The van der Waals surface area contributed by atoms with E-state index in [1.54, 1.807) is 0 Å². The molecule has 1 amide bonds. The lowest BCUT2D eigenvalue weighted by molar-refractivity contribution is -0.121. The Hall–Kier alpha value is -3.22. The van der Waals surface area contributed by atoms with Gasteiger partial charge in [-0.05, 0) is 42.7 Å². The normalized spacial score (nSPS) is 11.1. The van der Waals surface area contributed by atoms with Crippen LogP contribution in [0.15, 0.2) is 84.9 Å². The fourth-order valence-electron chi connectivity index (χ4n) is 3.90. The van der Waals surface area contributed by atoms with Gasteiger partial charge in [-0.1, -0.05) is 84.4 Å². The summed E-state index contributed by atoms with van der Waals surface area (Å²) in [4.78, 5) is 19.9. The number of nitrogens with one attached hydrogen (secondary N) is 1. The first-order valence-corrected chi connectivity index (χ1v) is 12.9. The van der Waals surface area contributed by atoms with Gasteiger partial charge in [-0.3, -0.25) is 4.79 Å². The van der Waals surface area contributed by atoms with Crippen LogP contribution in [0, 0.1) is 0 Å². The maximum absolute atomic E-state index is 13.1. The molecule has 0 atom stereocenters. The number of carbonyl (C=O) groups excluding carboxylic acids is 1. The van der Waals surface area contributed by atoms with Crippen molar-refractivity contribution in [3.63, 3.8) is 0 Å². The molecule has 0 aliphatic carbocycles. The number of hydrogen-bond donors (Lipinski definition) is 1. The minimum absolute atomic E-state index is 0.000686. The van der Waals surface area contributed by atoms with E-state index >= 15 is 0 Å². The molecule has 7 heteroatoms. The molecule has 0 saturated heterocycles. The molecule has 4 aromatic rings. The van der Waals surface area contributed by atoms with E-state index in [0.29, 0.717) is 24.4 Å². The Morgan fingerprint density at radius 1 is 0.943 bits per heavy atom. The molecule has 180 valence electrons. The summed E-state index contributed by atoms with van der Waals surface area (Å²) in [6.07, 6.45) is 1.01. The van der Waals surface area contributed by atoms with Crippen LogP contribution in [0.25, 0.3) is 0 Å². The van der Waals surface area contributed by atoms with Crippen LogP contribution in [0.4, 0.5) is 5.13 Å². The van der Waals surface area contributed by atoms with Crippen LogP contribution in [0.5, 0.6) is 0 Å². The number of amides is 1.